The summed E-state index contributed by atoms with van der Waals surface area (Å²) in [7, 11) is 1.75. The van der Waals surface area contributed by atoms with Crippen LogP contribution in [0.1, 0.15) is 6.42 Å². The molecule has 1 aliphatic rings. The molecule has 1 rings (SSSR count). The van der Waals surface area contributed by atoms with E-state index in [0.29, 0.717) is 0 Å². The SMILES string of the molecule is COCC1CC[N]C1. The minimum Gasteiger partial charge on any atom is -0.384 e. The lowest BCUT2D eigenvalue weighted by molar-refractivity contribution is 0.160. The Kier molecular flexibility index (Phi) is 2.30. The molecule has 1 fully saturated rings. The number of methoxy groups -OCH3 is 1. The highest BCUT2D eigenvalue weighted by molar-refractivity contribution is 4.69. The van der Waals surface area contributed by atoms with Crippen molar-refractivity contribution in [2.75, 3.05) is 26.8 Å². The molecular weight excluding hydrogens is 102 g/mol. The minimum atomic E-state index is 0.722. The van der Waals surface area contributed by atoms with Gasteiger partial charge in [0, 0.05) is 20.2 Å². The largest absolute Gasteiger partial charge is 0.384 e. The Morgan fingerprint density at radius 1 is 1.75 bits per heavy atom. The molecule has 1 radical (unpaired) electrons. The van der Waals surface area contributed by atoms with Crippen LogP contribution in [-0.2, 0) is 4.74 Å². The van der Waals surface area contributed by atoms with Crippen LogP contribution in [-0.4, -0.2) is 26.8 Å². The van der Waals surface area contributed by atoms with Gasteiger partial charge in [0.2, 0.25) is 0 Å². The second-order valence-corrected chi connectivity index (χ2v) is 2.24. The fraction of sp³-hybridized carbons (Fsp3) is 1.00. The maximum absolute atomic E-state index is 4.97. The summed E-state index contributed by atoms with van der Waals surface area (Å²) in [5.74, 6) is 0.722. The molecule has 0 N–H and O–H groups in total. The van der Waals surface area contributed by atoms with E-state index in [0.717, 1.165) is 25.6 Å². The van der Waals surface area contributed by atoms with Crippen molar-refractivity contribution in [2.45, 2.75) is 6.42 Å². The van der Waals surface area contributed by atoms with Gasteiger partial charge in [0.15, 0.2) is 0 Å². The van der Waals surface area contributed by atoms with E-state index in [4.69, 9.17) is 4.74 Å². The monoisotopic (exact) mass is 114 g/mol. The van der Waals surface area contributed by atoms with Gasteiger partial charge in [-0.3, -0.25) is 0 Å². The molecular formula is C6H12NO. The first-order valence-corrected chi connectivity index (χ1v) is 3.05. The summed E-state index contributed by atoms with van der Waals surface area (Å²) < 4.78 is 4.97. The predicted molar refractivity (Wildman–Crippen MR) is 31.9 cm³/mol. The normalized spacial score (nSPS) is 28.9. The van der Waals surface area contributed by atoms with Crippen molar-refractivity contribution in [1.82, 2.24) is 5.32 Å². The van der Waals surface area contributed by atoms with Crippen LogP contribution in [0.4, 0.5) is 0 Å². The number of hydrogen-bond acceptors (Lipinski definition) is 1. The minimum absolute atomic E-state index is 0.722. The topological polar surface area (TPSA) is 23.3 Å². The Balaban J connectivity index is 2.06. The first-order chi connectivity index (χ1) is 3.93. The van der Waals surface area contributed by atoms with Crippen LogP contribution in [0, 0.1) is 5.92 Å². The Labute approximate surface area is 50.2 Å². The maximum atomic E-state index is 4.97. The molecule has 0 aromatic rings. The molecule has 1 unspecified atom stereocenters. The fourth-order valence-corrected chi connectivity index (χ4v) is 1.01. The second-order valence-electron chi connectivity index (χ2n) is 2.24. The van der Waals surface area contributed by atoms with Crippen LogP contribution in [0.2, 0.25) is 0 Å². The molecule has 1 aliphatic heterocycles. The molecule has 2 heteroatoms. The van der Waals surface area contributed by atoms with Gasteiger partial charge in [0.25, 0.3) is 0 Å². The summed E-state index contributed by atoms with van der Waals surface area (Å²) in [4.78, 5) is 0. The van der Waals surface area contributed by atoms with E-state index in [9.17, 15) is 0 Å². The highest BCUT2D eigenvalue weighted by Crippen LogP contribution is 2.07. The molecule has 2 nitrogen and oxygen atoms in total. The van der Waals surface area contributed by atoms with Gasteiger partial charge in [-0.25, -0.2) is 5.32 Å². The average Bonchev–Trinajstić information content (AvgIpc) is 2.19. The van der Waals surface area contributed by atoms with Gasteiger partial charge in [-0.1, -0.05) is 0 Å². The van der Waals surface area contributed by atoms with Crippen LogP contribution in [0.3, 0.4) is 0 Å². The molecule has 0 spiro atoms. The lowest BCUT2D eigenvalue weighted by Gasteiger charge is -2.02. The number of nitrogens with zero attached hydrogens (tertiary/aromatic N) is 1. The van der Waals surface area contributed by atoms with Crippen LogP contribution < -0.4 is 5.32 Å². The highest BCUT2D eigenvalue weighted by atomic mass is 16.5. The van der Waals surface area contributed by atoms with E-state index in [1.807, 2.05) is 0 Å². The van der Waals surface area contributed by atoms with Crippen LogP contribution >= 0.6 is 0 Å². The van der Waals surface area contributed by atoms with Crippen molar-refractivity contribution in [2.24, 2.45) is 5.92 Å². The zero-order valence-electron chi connectivity index (χ0n) is 5.26. The second kappa shape index (κ2) is 3.05. The summed E-state index contributed by atoms with van der Waals surface area (Å²) in [5, 5.41) is 4.20. The first kappa shape index (κ1) is 6.05. The highest BCUT2D eigenvalue weighted by Gasteiger charge is 2.13. The van der Waals surface area contributed by atoms with Crippen LogP contribution in [0.15, 0.2) is 0 Å². The van der Waals surface area contributed by atoms with Crippen molar-refractivity contribution in [3.05, 3.63) is 0 Å². The standard InChI is InChI=1S/C6H12NO/c1-8-5-6-2-3-7-4-6/h6H,2-5H2,1H3. The Bertz CT molecular complexity index is 59.5. The zero-order chi connectivity index (χ0) is 5.82. The molecule has 0 saturated carbocycles. The Hall–Kier alpha value is -0.0800. The van der Waals surface area contributed by atoms with E-state index in [1.165, 1.54) is 6.42 Å². The van der Waals surface area contributed by atoms with E-state index in [1.54, 1.807) is 7.11 Å². The quantitative estimate of drug-likeness (QED) is 0.505. The summed E-state index contributed by atoms with van der Waals surface area (Å²) in [6, 6.07) is 0. The van der Waals surface area contributed by atoms with E-state index in [2.05, 4.69) is 5.32 Å². The molecule has 1 saturated heterocycles. The molecule has 0 aromatic carbocycles. The zero-order valence-corrected chi connectivity index (χ0v) is 5.26. The van der Waals surface area contributed by atoms with Crippen LogP contribution in [0.25, 0.3) is 0 Å². The molecule has 0 amide bonds. The maximum Gasteiger partial charge on any atom is 0.0503 e. The van der Waals surface area contributed by atoms with Crippen molar-refractivity contribution < 1.29 is 4.74 Å². The Morgan fingerprint density at radius 2 is 2.62 bits per heavy atom. The molecule has 0 aromatic heterocycles. The number of rotatable bonds is 2. The summed E-state index contributed by atoms with van der Waals surface area (Å²) >= 11 is 0. The summed E-state index contributed by atoms with van der Waals surface area (Å²) in [6.45, 7) is 2.96. The predicted octanol–water partition coefficient (Wildman–Crippen LogP) is 0.257. The molecule has 1 atom stereocenters. The third-order valence-electron chi connectivity index (χ3n) is 1.49. The fourth-order valence-electron chi connectivity index (χ4n) is 1.01. The van der Waals surface area contributed by atoms with E-state index >= 15 is 0 Å². The number of hydrogen-bond donors (Lipinski definition) is 0. The smallest absolute Gasteiger partial charge is 0.0503 e. The van der Waals surface area contributed by atoms with Crippen LogP contribution in [0.5, 0.6) is 0 Å². The van der Waals surface area contributed by atoms with E-state index < -0.39 is 0 Å². The summed E-state index contributed by atoms with van der Waals surface area (Å²) in [5.41, 5.74) is 0. The molecule has 8 heavy (non-hydrogen) atoms. The lowest BCUT2D eigenvalue weighted by atomic mass is 10.1. The van der Waals surface area contributed by atoms with Gasteiger partial charge in [0.05, 0.1) is 6.61 Å². The third kappa shape index (κ3) is 1.46. The third-order valence-corrected chi connectivity index (χ3v) is 1.49. The van der Waals surface area contributed by atoms with Crippen molar-refractivity contribution in [3.63, 3.8) is 0 Å². The van der Waals surface area contributed by atoms with Crippen molar-refractivity contribution in [1.29, 1.82) is 0 Å². The van der Waals surface area contributed by atoms with Gasteiger partial charge in [-0.05, 0) is 12.3 Å². The molecule has 0 bridgehead atoms. The molecule has 47 valence electrons. The molecule has 1 heterocycles. The summed E-state index contributed by atoms with van der Waals surface area (Å²) in [6.07, 6.45) is 1.23. The van der Waals surface area contributed by atoms with Gasteiger partial charge in [0.1, 0.15) is 0 Å². The van der Waals surface area contributed by atoms with Gasteiger partial charge >= 0.3 is 0 Å². The number of ether oxygens (including phenoxy) is 1. The molecule has 0 aliphatic carbocycles. The average molecular weight is 114 g/mol. The Morgan fingerprint density at radius 3 is 3.12 bits per heavy atom. The van der Waals surface area contributed by atoms with E-state index in [-0.39, 0.29) is 0 Å². The van der Waals surface area contributed by atoms with Gasteiger partial charge in [-0.2, -0.15) is 0 Å². The lowest BCUT2D eigenvalue weighted by Crippen LogP contribution is -2.08. The van der Waals surface area contributed by atoms with Gasteiger partial charge < -0.3 is 4.74 Å². The van der Waals surface area contributed by atoms with Crippen molar-refractivity contribution in [3.8, 4) is 0 Å². The van der Waals surface area contributed by atoms with Gasteiger partial charge in [-0.15, -0.1) is 0 Å². The first-order valence-electron chi connectivity index (χ1n) is 3.05. The van der Waals surface area contributed by atoms with Crippen molar-refractivity contribution >= 4 is 0 Å².